The topological polar surface area (TPSA) is 91.0 Å². The second kappa shape index (κ2) is 8.52. The van der Waals surface area contributed by atoms with Gasteiger partial charge in [-0.15, -0.1) is 10.2 Å². The van der Waals surface area contributed by atoms with Gasteiger partial charge in [-0.3, -0.25) is 4.79 Å². The largest absolute Gasteiger partial charge is 0.480 e. The molecule has 33 heavy (non-hydrogen) atoms. The molecule has 9 nitrogen and oxygen atoms in total. The molecule has 1 aromatic carbocycles. The first-order valence-electron chi connectivity index (χ1n) is 9.97. The summed E-state index contributed by atoms with van der Waals surface area (Å²) in [4.78, 5) is 18.8. The van der Waals surface area contributed by atoms with Crippen molar-refractivity contribution in [2.24, 2.45) is 0 Å². The predicted molar refractivity (Wildman–Crippen MR) is 112 cm³/mol. The first-order valence-corrected chi connectivity index (χ1v) is 9.97. The van der Waals surface area contributed by atoms with Crippen LogP contribution in [0.1, 0.15) is 28.8 Å². The van der Waals surface area contributed by atoms with Crippen molar-refractivity contribution in [1.29, 1.82) is 0 Å². The molecule has 4 aromatic rings. The molecule has 3 aromatic heterocycles. The highest BCUT2D eigenvalue weighted by Crippen LogP contribution is 2.34. The van der Waals surface area contributed by atoms with Gasteiger partial charge in [-0.25, -0.2) is 9.67 Å². The lowest BCUT2D eigenvalue weighted by Crippen LogP contribution is -2.30. The number of aryl methyl sites for hydroxylation is 1. The van der Waals surface area contributed by atoms with Crippen molar-refractivity contribution in [2.75, 3.05) is 14.2 Å². The van der Waals surface area contributed by atoms with E-state index >= 15 is 0 Å². The van der Waals surface area contributed by atoms with Crippen LogP contribution in [0.5, 0.6) is 5.88 Å². The van der Waals surface area contributed by atoms with Crippen molar-refractivity contribution >= 4 is 16.9 Å². The van der Waals surface area contributed by atoms with Gasteiger partial charge in [0.05, 0.1) is 36.4 Å². The number of ether oxygens (including phenoxy) is 1. The van der Waals surface area contributed by atoms with Gasteiger partial charge >= 0.3 is 6.18 Å². The van der Waals surface area contributed by atoms with Crippen molar-refractivity contribution in [3.8, 4) is 11.7 Å². The number of halogens is 3. The molecule has 0 aliphatic heterocycles. The summed E-state index contributed by atoms with van der Waals surface area (Å²) in [5, 5.41) is 11.2. The fraction of sp³-hybridized carbons (Fsp3) is 0.286. The fourth-order valence-corrected chi connectivity index (χ4v) is 3.57. The molecule has 0 fully saturated rings. The number of carbonyl (C=O) groups is 1. The van der Waals surface area contributed by atoms with Crippen LogP contribution >= 0.6 is 0 Å². The lowest BCUT2D eigenvalue weighted by Gasteiger charge is -2.18. The molecule has 4 rings (SSSR count). The molecule has 0 spiro atoms. The van der Waals surface area contributed by atoms with Crippen molar-refractivity contribution < 1.29 is 22.7 Å². The Morgan fingerprint density at radius 1 is 1.15 bits per heavy atom. The van der Waals surface area contributed by atoms with Gasteiger partial charge in [-0.2, -0.15) is 18.3 Å². The first kappa shape index (κ1) is 22.2. The maximum Gasteiger partial charge on any atom is 0.434 e. The number of carbonyl (C=O) groups excluding carboxylic acids is 1. The zero-order chi connectivity index (χ0) is 23.8. The van der Waals surface area contributed by atoms with Crippen LogP contribution in [0.2, 0.25) is 0 Å². The number of rotatable bonds is 6. The Morgan fingerprint density at radius 2 is 1.91 bits per heavy atom. The number of fused-ring (bicyclic) bond motifs is 1. The lowest BCUT2D eigenvalue weighted by molar-refractivity contribution is -0.143. The minimum Gasteiger partial charge on any atom is -0.480 e. The summed E-state index contributed by atoms with van der Waals surface area (Å²) >= 11 is 0. The van der Waals surface area contributed by atoms with Crippen LogP contribution < -0.4 is 4.74 Å². The van der Waals surface area contributed by atoms with Gasteiger partial charge in [0.25, 0.3) is 5.91 Å². The summed E-state index contributed by atoms with van der Waals surface area (Å²) in [6.45, 7) is 2.55. The summed E-state index contributed by atoms with van der Waals surface area (Å²) in [7, 11) is 2.78. The molecule has 0 aliphatic rings. The van der Waals surface area contributed by atoms with Crippen LogP contribution in [0, 0.1) is 0 Å². The van der Waals surface area contributed by atoms with E-state index in [2.05, 4.69) is 20.3 Å². The number of amides is 1. The Balaban J connectivity index is 1.68. The molecular formula is C21H20F3N7O2. The molecule has 12 heteroatoms. The highest BCUT2D eigenvalue weighted by atomic mass is 19.4. The number of para-hydroxylation sites is 2. The number of hydrogen-bond donors (Lipinski definition) is 0. The Bertz CT molecular complexity index is 1300. The molecule has 0 N–H and O–H groups in total. The van der Waals surface area contributed by atoms with E-state index < -0.39 is 23.3 Å². The van der Waals surface area contributed by atoms with Crippen LogP contribution in [0.25, 0.3) is 16.9 Å². The Morgan fingerprint density at radius 3 is 2.55 bits per heavy atom. The van der Waals surface area contributed by atoms with Crippen molar-refractivity contribution in [1.82, 2.24) is 34.4 Å². The van der Waals surface area contributed by atoms with Crippen molar-refractivity contribution in [3.63, 3.8) is 0 Å². The van der Waals surface area contributed by atoms with E-state index in [9.17, 15) is 18.0 Å². The van der Waals surface area contributed by atoms with Crippen molar-refractivity contribution in [2.45, 2.75) is 26.2 Å². The van der Waals surface area contributed by atoms with E-state index in [4.69, 9.17) is 4.74 Å². The number of alkyl halides is 3. The molecule has 0 atom stereocenters. The zero-order valence-corrected chi connectivity index (χ0v) is 18.0. The van der Waals surface area contributed by atoms with E-state index in [1.807, 2.05) is 35.8 Å². The fourth-order valence-electron chi connectivity index (χ4n) is 3.57. The summed E-state index contributed by atoms with van der Waals surface area (Å²) in [5.74, 6) is -0.340. The Labute approximate surface area is 186 Å². The van der Waals surface area contributed by atoms with E-state index in [0.29, 0.717) is 17.1 Å². The van der Waals surface area contributed by atoms with E-state index in [-0.39, 0.29) is 18.2 Å². The summed E-state index contributed by atoms with van der Waals surface area (Å²) in [6, 6.07) is 10.1. The molecule has 0 bridgehead atoms. The molecule has 0 radical (unpaired) electrons. The van der Waals surface area contributed by atoms with Gasteiger partial charge < -0.3 is 14.2 Å². The van der Waals surface area contributed by atoms with Gasteiger partial charge in [-0.05, 0) is 25.1 Å². The standard InChI is InChI=1S/C21H20F3N7O2/c1-4-30-15-8-6-5-7-14(15)26-17(30)12-29(2)20(32)13-11-25-31(19(13)21(22,23)24)16-9-10-18(33-3)28-27-16/h5-11H,4,12H2,1-3H3. The third-order valence-corrected chi connectivity index (χ3v) is 5.10. The number of nitrogens with zero attached hydrogens (tertiary/aromatic N) is 7. The minimum absolute atomic E-state index is 0.0200. The molecule has 0 unspecified atom stereocenters. The SMILES string of the molecule is CCn1c(CN(C)C(=O)c2cnn(-c3ccc(OC)nn3)c2C(F)(F)F)nc2ccccc21. The number of methoxy groups -OCH3 is 1. The third-order valence-electron chi connectivity index (χ3n) is 5.10. The van der Waals surface area contributed by atoms with Crippen LogP contribution in [0.3, 0.4) is 0 Å². The maximum absolute atomic E-state index is 14.0. The molecule has 172 valence electrons. The van der Waals surface area contributed by atoms with E-state index in [0.717, 1.165) is 17.2 Å². The summed E-state index contributed by atoms with van der Waals surface area (Å²) in [6.07, 6.45) is -3.98. The average Bonchev–Trinajstić information content (AvgIpc) is 3.40. The monoisotopic (exact) mass is 459 g/mol. The van der Waals surface area contributed by atoms with Gasteiger partial charge in [0.15, 0.2) is 11.5 Å². The maximum atomic E-state index is 14.0. The second-order valence-electron chi connectivity index (χ2n) is 7.17. The molecule has 0 saturated carbocycles. The highest BCUT2D eigenvalue weighted by Gasteiger charge is 2.41. The number of hydrogen-bond acceptors (Lipinski definition) is 6. The average molecular weight is 459 g/mol. The number of imidazole rings is 1. The summed E-state index contributed by atoms with van der Waals surface area (Å²) < 4.78 is 49.2. The minimum atomic E-state index is -4.86. The van der Waals surface area contributed by atoms with Gasteiger partial charge in [0, 0.05) is 19.7 Å². The van der Waals surface area contributed by atoms with Crippen LogP contribution in [0.4, 0.5) is 13.2 Å². The van der Waals surface area contributed by atoms with Crippen LogP contribution in [-0.4, -0.2) is 54.5 Å². The van der Waals surface area contributed by atoms with E-state index in [1.54, 1.807) is 0 Å². The quantitative estimate of drug-likeness (QED) is 0.439. The summed E-state index contributed by atoms with van der Waals surface area (Å²) in [5.41, 5.74) is -0.195. The Kier molecular flexibility index (Phi) is 5.75. The molecule has 1 amide bonds. The van der Waals surface area contributed by atoms with Gasteiger partial charge in [0.2, 0.25) is 5.88 Å². The zero-order valence-electron chi connectivity index (χ0n) is 18.0. The lowest BCUT2D eigenvalue weighted by atomic mass is 10.2. The normalized spacial score (nSPS) is 11.7. The molecule has 0 aliphatic carbocycles. The predicted octanol–water partition coefficient (Wildman–Crippen LogP) is 3.33. The first-order chi connectivity index (χ1) is 15.7. The third kappa shape index (κ3) is 4.11. The number of benzene rings is 1. The highest BCUT2D eigenvalue weighted by molar-refractivity contribution is 5.95. The van der Waals surface area contributed by atoms with Crippen LogP contribution in [-0.2, 0) is 19.3 Å². The second-order valence-corrected chi connectivity index (χ2v) is 7.17. The molecule has 0 saturated heterocycles. The van der Waals surface area contributed by atoms with Gasteiger partial charge in [-0.1, -0.05) is 12.1 Å². The van der Waals surface area contributed by atoms with Gasteiger partial charge in [0.1, 0.15) is 5.82 Å². The van der Waals surface area contributed by atoms with E-state index in [1.165, 1.54) is 31.2 Å². The van der Waals surface area contributed by atoms with Crippen molar-refractivity contribution in [3.05, 3.63) is 59.7 Å². The van der Waals surface area contributed by atoms with Crippen LogP contribution in [0.15, 0.2) is 42.6 Å². The molecule has 3 heterocycles. The number of aromatic nitrogens is 6. The molecular weight excluding hydrogens is 439 g/mol. The Hall–Kier alpha value is -3.96. The smallest absolute Gasteiger partial charge is 0.434 e.